The summed E-state index contributed by atoms with van der Waals surface area (Å²) in [6.45, 7) is 7.47. The van der Waals surface area contributed by atoms with Gasteiger partial charge in [0, 0.05) is 6.61 Å². The molecule has 84 valence electrons. The molecule has 1 N–H and O–H groups in total. The Labute approximate surface area is 88.9 Å². The Bertz CT molecular complexity index is 161. The SMILES string of the molecule is CC(C)(C)C1(CCCO)CCCCC1. The minimum atomic E-state index is 0.359. The lowest BCUT2D eigenvalue weighted by molar-refractivity contribution is 0.0230. The summed E-state index contributed by atoms with van der Waals surface area (Å²) >= 11 is 0. The van der Waals surface area contributed by atoms with Gasteiger partial charge in [0.2, 0.25) is 0 Å². The molecular formula is C13H26O. The van der Waals surface area contributed by atoms with Crippen LogP contribution in [0.4, 0.5) is 0 Å². The van der Waals surface area contributed by atoms with Gasteiger partial charge in [0.1, 0.15) is 0 Å². The summed E-state index contributed by atoms with van der Waals surface area (Å²) in [5.74, 6) is 0. The van der Waals surface area contributed by atoms with E-state index in [1.54, 1.807) is 0 Å². The first-order chi connectivity index (χ1) is 6.52. The highest BCUT2D eigenvalue weighted by Gasteiger charge is 2.41. The summed E-state index contributed by atoms with van der Waals surface area (Å²) in [6.07, 6.45) is 9.14. The smallest absolute Gasteiger partial charge is 0.0431 e. The first-order valence-electron chi connectivity index (χ1n) is 6.13. The number of aliphatic hydroxyl groups is 1. The van der Waals surface area contributed by atoms with Crippen LogP contribution in [-0.2, 0) is 0 Å². The first-order valence-corrected chi connectivity index (χ1v) is 6.13. The van der Waals surface area contributed by atoms with Gasteiger partial charge in [-0.2, -0.15) is 0 Å². The molecule has 1 saturated carbocycles. The Morgan fingerprint density at radius 1 is 1.07 bits per heavy atom. The Hall–Kier alpha value is -0.0400. The lowest BCUT2D eigenvalue weighted by atomic mass is 9.57. The van der Waals surface area contributed by atoms with E-state index >= 15 is 0 Å². The average Bonchev–Trinajstić information content (AvgIpc) is 2.14. The van der Waals surface area contributed by atoms with Gasteiger partial charge >= 0.3 is 0 Å². The lowest BCUT2D eigenvalue weighted by Gasteiger charge is -2.48. The fourth-order valence-corrected chi connectivity index (χ4v) is 3.02. The van der Waals surface area contributed by atoms with Crippen LogP contribution in [0.1, 0.15) is 65.7 Å². The maximum atomic E-state index is 8.98. The maximum Gasteiger partial charge on any atom is 0.0431 e. The highest BCUT2D eigenvalue weighted by Crippen LogP contribution is 2.52. The van der Waals surface area contributed by atoms with E-state index in [4.69, 9.17) is 5.11 Å². The van der Waals surface area contributed by atoms with Crippen molar-refractivity contribution in [3.63, 3.8) is 0 Å². The molecule has 0 bridgehead atoms. The molecule has 1 nitrogen and oxygen atoms in total. The third-order valence-corrected chi connectivity index (χ3v) is 4.22. The number of hydrogen-bond acceptors (Lipinski definition) is 1. The molecule has 1 heteroatoms. The van der Waals surface area contributed by atoms with Gasteiger partial charge in [0.05, 0.1) is 0 Å². The zero-order valence-electron chi connectivity index (χ0n) is 10.1. The topological polar surface area (TPSA) is 20.2 Å². The van der Waals surface area contributed by atoms with E-state index in [0.29, 0.717) is 17.4 Å². The van der Waals surface area contributed by atoms with Crippen LogP contribution in [0.3, 0.4) is 0 Å². The van der Waals surface area contributed by atoms with Gasteiger partial charge in [0.25, 0.3) is 0 Å². The minimum absolute atomic E-state index is 0.359. The molecule has 14 heavy (non-hydrogen) atoms. The monoisotopic (exact) mass is 198 g/mol. The van der Waals surface area contributed by atoms with Gasteiger partial charge < -0.3 is 5.11 Å². The summed E-state index contributed by atoms with van der Waals surface area (Å²) < 4.78 is 0. The summed E-state index contributed by atoms with van der Waals surface area (Å²) in [5, 5.41) is 8.98. The summed E-state index contributed by atoms with van der Waals surface area (Å²) in [5.41, 5.74) is 0.913. The standard InChI is InChI=1S/C13H26O/c1-12(2,3)13(10-7-11-14)8-5-4-6-9-13/h14H,4-11H2,1-3H3. The Morgan fingerprint density at radius 3 is 2.07 bits per heavy atom. The van der Waals surface area contributed by atoms with Gasteiger partial charge in [-0.3, -0.25) is 0 Å². The second-order valence-electron chi connectivity index (χ2n) is 5.92. The van der Waals surface area contributed by atoms with Crippen LogP contribution in [0.2, 0.25) is 0 Å². The van der Waals surface area contributed by atoms with E-state index in [9.17, 15) is 0 Å². The fraction of sp³-hybridized carbons (Fsp3) is 1.00. The quantitative estimate of drug-likeness (QED) is 0.732. The van der Waals surface area contributed by atoms with E-state index in [-0.39, 0.29) is 0 Å². The van der Waals surface area contributed by atoms with Gasteiger partial charge in [-0.25, -0.2) is 0 Å². The molecule has 0 spiro atoms. The predicted octanol–water partition coefficient (Wildman–Crippen LogP) is 3.76. The van der Waals surface area contributed by atoms with Crippen molar-refractivity contribution in [1.29, 1.82) is 0 Å². The van der Waals surface area contributed by atoms with E-state index in [0.717, 1.165) is 6.42 Å². The molecule has 0 heterocycles. The highest BCUT2D eigenvalue weighted by atomic mass is 16.2. The Balaban J connectivity index is 2.67. The summed E-state index contributed by atoms with van der Waals surface area (Å²) in [6, 6.07) is 0. The van der Waals surface area contributed by atoms with Gasteiger partial charge in [-0.05, 0) is 36.5 Å². The lowest BCUT2D eigenvalue weighted by Crippen LogP contribution is -2.37. The molecule has 1 aliphatic rings. The van der Waals surface area contributed by atoms with Crippen molar-refractivity contribution >= 4 is 0 Å². The van der Waals surface area contributed by atoms with Gasteiger partial charge in [-0.15, -0.1) is 0 Å². The Kier molecular flexibility index (Phi) is 4.00. The van der Waals surface area contributed by atoms with Crippen molar-refractivity contribution in [2.24, 2.45) is 10.8 Å². The van der Waals surface area contributed by atoms with Gasteiger partial charge in [-0.1, -0.05) is 40.0 Å². The van der Waals surface area contributed by atoms with E-state index in [1.807, 2.05) is 0 Å². The third-order valence-electron chi connectivity index (χ3n) is 4.22. The molecule has 0 aliphatic heterocycles. The zero-order valence-corrected chi connectivity index (χ0v) is 10.1. The van der Waals surface area contributed by atoms with E-state index < -0.39 is 0 Å². The number of rotatable bonds is 3. The molecule has 1 aliphatic carbocycles. The van der Waals surface area contributed by atoms with Crippen LogP contribution in [0.15, 0.2) is 0 Å². The summed E-state index contributed by atoms with van der Waals surface area (Å²) in [4.78, 5) is 0. The highest BCUT2D eigenvalue weighted by molar-refractivity contribution is 4.92. The number of hydrogen-bond donors (Lipinski definition) is 1. The van der Waals surface area contributed by atoms with Crippen molar-refractivity contribution in [2.75, 3.05) is 6.61 Å². The van der Waals surface area contributed by atoms with Crippen molar-refractivity contribution in [3.8, 4) is 0 Å². The molecular weight excluding hydrogens is 172 g/mol. The van der Waals surface area contributed by atoms with Gasteiger partial charge in [0.15, 0.2) is 0 Å². The molecule has 0 aromatic rings. The normalized spacial score (nSPS) is 22.3. The van der Waals surface area contributed by atoms with Crippen LogP contribution in [0.25, 0.3) is 0 Å². The molecule has 0 radical (unpaired) electrons. The summed E-state index contributed by atoms with van der Waals surface area (Å²) in [7, 11) is 0. The fourth-order valence-electron chi connectivity index (χ4n) is 3.02. The number of aliphatic hydroxyl groups excluding tert-OH is 1. The molecule has 0 aromatic carbocycles. The van der Waals surface area contributed by atoms with Crippen LogP contribution < -0.4 is 0 Å². The molecule has 1 rings (SSSR count). The largest absolute Gasteiger partial charge is 0.396 e. The Morgan fingerprint density at radius 2 is 1.64 bits per heavy atom. The molecule has 0 atom stereocenters. The molecule has 0 saturated heterocycles. The van der Waals surface area contributed by atoms with Crippen molar-refractivity contribution in [3.05, 3.63) is 0 Å². The molecule has 1 fully saturated rings. The van der Waals surface area contributed by atoms with E-state index in [1.165, 1.54) is 38.5 Å². The molecule has 0 unspecified atom stereocenters. The van der Waals surface area contributed by atoms with E-state index in [2.05, 4.69) is 20.8 Å². The minimum Gasteiger partial charge on any atom is -0.396 e. The predicted molar refractivity (Wildman–Crippen MR) is 61.3 cm³/mol. The first kappa shape index (κ1) is 12.0. The van der Waals surface area contributed by atoms with Crippen molar-refractivity contribution in [2.45, 2.75) is 65.7 Å². The van der Waals surface area contributed by atoms with Crippen molar-refractivity contribution in [1.82, 2.24) is 0 Å². The average molecular weight is 198 g/mol. The van der Waals surface area contributed by atoms with Crippen LogP contribution in [0.5, 0.6) is 0 Å². The zero-order chi connectivity index (χ0) is 10.7. The molecule has 0 aromatic heterocycles. The van der Waals surface area contributed by atoms with Crippen LogP contribution in [-0.4, -0.2) is 11.7 Å². The van der Waals surface area contributed by atoms with Crippen LogP contribution >= 0.6 is 0 Å². The van der Waals surface area contributed by atoms with Crippen LogP contribution in [0, 0.1) is 10.8 Å². The second kappa shape index (κ2) is 4.65. The van der Waals surface area contributed by atoms with Crippen molar-refractivity contribution < 1.29 is 5.11 Å². The molecule has 0 amide bonds. The third kappa shape index (κ3) is 2.50. The maximum absolute atomic E-state index is 8.98. The second-order valence-corrected chi connectivity index (χ2v) is 5.92.